The summed E-state index contributed by atoms with van der Waals surface area (Å²) in [5.41, 5.74) is -0.822. The summed E-state index contributed by atoms with van der Waals surface area (Å²) >= 11 is 0. The Morgan fingerprint density at radius 1 is 1.17 bits per heavy atom. The molecule has 9 nitrogen and oxygen atoms in total. The molecule has 2 aromatic rings. The van der Waals surface area contributed by atoms with Gasteiger partial charge in [0.2, 0.25) is 0 Å². The van der Waals surface area contributed by atoms with Gasteiger partial charge in [-0.25, -0.2) is 14.6 Å². The minimum Gasteiger partial charge on any atom is -0.478 e. The van der Waals surface area contributed by atoms with Crippen LogP contribution < -0.4 is 11.2 Å². The van der Waals surface area contributed by atoms with Crippen LogP contribution in [0.5, 0.6) is 0 Å². The number of nitrogens with one attached hydrogen (secondary N) is 1. The predicted molar refractivity (Wildman–Crippen MR) is 111 cm³/mol. The van der Waals surface area contributed by atoms with Crippen molar-refractivity contribution in [2.75, 3.05) is 6.61 Å². The zero-order valence-corrected chi connectivity index (χ0v) is 17.4. The molecule has 0 amide bonds. The largest absolute Gasteiger partial charge is 0.478 e. The first-order valence-electron chi connectivity index (χ1n) is 10.6. The number of aliphatic carboxylic acids is 1. The number of carboxylic acids is 1. The molecule has 0 unspecified atom stereocenters. The van der Waals surface area contributed by atoms with Crippen molar-refractivity contribution >= 4 is 17.1 Å². The number of aromatic amines is 1. The van der Waals surface area contributed by atoms with Crippen molar-refractivity contribution in [3.05, 3.63) is 38.8 Å². The Morgan fingerprint density at radius 2 is 1.83 bits per heavy atom. The zero-order valence-electron chi connectivity index (χ0n) is 17.4. The molecule has 5 rings (SSSR count). The molecule has 0 aromatic carbocycles. The topological polar surface area (TPSA) is 119 Å². The van der Waals surface area contributed by atoms with Crippen molar-refractivity contribution in [1.82, 2.24) is 19.1 Å². The molecule has 3 aliphatic rings. The smallest absolute Gasteiger partial charge is 0.332 e. The lowest BCUT2D eigenvalue weighted by atomic mass is 9.65. The van der Waals surface area contributed by atoms with Crippen molar-refractivity contribution < 1.29 is 14.6 Å². The lowest BCUT2D eigenvalue weighted by molar-refractivity contribution is -0.178. The summed E-state index contributed by atoms with van der Waals surface area (Å²) in [5, 5.41) is 8.95. The van der Waals surface area contributed by atoms with Crippen LogP contribution in [0.15, 0.2) is 21.7 Å². The third-order valence-corrected chi connectivity index (χ3v) is 6.46. The number of ether oxygens (including phenoxy) is 1. The van der Waals surface area contributed by atoms with Crippen molar-refractivity contribution in [2.45, 2.75) is 71.1 Å². The average Bonchev–Trinajstić information content (AvgIpc) is 3.20. The Hall–Kier alpha value is -2.68. The summed E-state index contributed by atoms with van der Waals surface area (Å²) in [6, 6.07) is 0. The Balaban J connectivity index is 1.76. The Bertz CT molecular complexity index is 1100. The van der Waals surface area contributed by atoms with Crippen molar-refractivity contribution in [1.29, 1.82) is 0 Å². The van der Waals surface area contributed by atoms with E-state index in [2.05, 4.69) is 4.98 Å². The van der Waals surface area contributed by atoms with Crippen molar-refractivity contribution in [3.63, 3.8) is 0 Å². The number of fused-ring (bicyclic) bond motifs is 4. The van der Waals surface area contributed by atoms with Gasteiger partial charge in [0, 0.05) is 24.6 Å². The number of aromatic nitrogens is 4. The van der Waals surface area contributed by atoms with E-state index < -0.39 is 11.6 Å². The first kappa shape index (κ1) is 20.6. The van der Waals surface area contributed by atoms with E-state index in [1.807, 2.05) is 13.8 Å². The van der Waals surface area contributed by atoms with Crippen molar-refractivity contribution in [2.24, 2.45) is 5.41 Å². The van der Waals surface area contributed by atoms with Gasteiger partial charge in [-0.2, -0.15) is 0 Å². The summed E-state index contributed by atoms with van der Waals surface area (Å²) in [7, 11) is 0. The first-order chi connectivity index (χ1) is 14.3. The molecule has 4 heterocycles. The van der Waals surface area contributed by atoms with E-state index in [-0.39, 0.29) is 16.7 Å². The number of hydrogen-bond donors (Lipinski definition) is 2. The van der Waals surface area contributed by atoms with Crippen LogP contribution in [-0.4, -0.2) is 36.8 Å². The molecule has 2 N–H and O–H groups in total. The van der Waals surface area contributed by atoms with Crippen LogP contribution in [0.4, 0.5) is 0 Å². The summed E-state index contributed by atoms with van der Waals surface area (Å²) in [4.78, 5) is 44.7. The van der Waals surface area contributed by atoms with E-state index in [4.69, 9.17) is 14.8 Å². The second-order valence-corrected chi connectivity index (χ2v) is 8.49. The Kier molecular flexibility index (Phi) is 5.17. The van der Waals surface area contributed by atoms with Crippen LogP contribution in [0.25, 0.3) is 11.2 Å². The van der Waals surface area contributed by atoms with Crippen LogP contribution >= 0.6 is 0 Å². The maximum atomic E-state index is 13.0. The van der Waals surface area contributed by atoms with Crippen LogP contribution in [0.3, 0.4) is 0 Å². The summed E-state index contributed by atoms with van der Waals surface area (Å²) in [5.74, 6) is -0.370. The second kappa shape index (κ2) is 7.54. The fourth-order valence-corrected chi connectivity index (χ4v) is 4.72. The second-order valence-electron chi connectivity index (χ2n) is 8.49. The van der Waals surface area contributed by atoms with Crippen LogP contribution in [0.1, 0.15) is 58.2 Å². The molecule has 2 bridgehead atoms. The number of nitrogens with zero attached hydrogens (tertiary/aromatic N) is 3. The van der Waals surface area contributed by atoms with E-state index in [1.165, 1.54) is 10.6 Å². The molecule has 3 fully saturated rings. The first-order valence-corrected chi connectivity index (χ1v) is 10.6. The molecule has 9 heteroatoms. The van der Waals surface area contributed by atoms with E-state index in [9.17, 15) is 14.4 Å². The molecule has 2 aliphatic heterocycles. The number of rotatable bonds is 7. The van der Waals surface area contributed by atoms with Gasteiger partial charge in [-0.05, 0) is 38.5 Å². The quantitative estimate of drug-likeness (QED) is 0.668. The van der Waals surface area contributed by atoms with E-state index in [1.54, 1.807) is 10.6 Å². The number of H-pyrrole nitrogens is 1. The van der Waals surface area contributed by atoms with Gasteiger partial charge in [-0.1, -0.05) is 19.9 Å². The highest BCUT2D eigenvalue weighted by Crippen LogP contribution is 2.53. The maximum absolute atomic E-state index is 13.0. The monoisotopic (exact) mass is 416 g/mol. The van der Waals surface area contributed by atoms with E-state index >= 15 is 0 Å². The highest BCUT2D eigenvalue weighted by Gasteiger charge is 2.51. The number of hydrogen-bond acceptors (Lipinski definition) is 5. The normalized spacial score (nSPS) is 26.1. The fourth-order valence-electron chi connectivity index (χ4n) is 4.72. The highest BCUT2D eigenvalue weighted by atomic mass is 16.5. The number of imidazole rings is 1. The molecule has 162 valence electrons. The van der Waals surface area contributed by atoms with Gasteiger partial charge in [0.05, 0.1) is 6.61 Å². The third kappa shape index (κ3) is 3.21. The molecule has 1 saturated carbocycles. The average molecular weight is 416 g/mol. The van der Waals surface area contributed by atoms with Crippen molar-refractivity contribution in [3.8, 4) is 0 Å². The third-order valence-electron chi connectivity index (χ3n) is 6.46. The van der Waals surface area contributed by atoms with Gasteiger partial charge in [-0.3, -0.25) is 13.9 Å². The van der Waals surface area contributed by atoms with Gasteiger partial charge in [-0.15, -0.1) is 0 Å². The Labute approximate surface area is 173 Å². The van der Waals surface area contributed by atoms with Gasteiger partial charge in [0.25, 0.3) is 5.56 Å². The predicted octanol–water partition coefficient (Wildman–Crippen LogP) is 2.13. The lowest BCUT2D eigenvalue weighted by Gasteiger charge is -2.51. The maximum Gasteiger partial charge on any atom is 0.332 e. The molecule has 0 atom stereocenters. The number of aryl methyl sites for hydroxylation is 1. The zero-order chi connectivity index (χ0) is 21.5. The number of carbonyl (C=O) groups is 1. The molecule has 30 heavy (non-hydrogen) atoms. The van der Waals surface area contributed by atoms with Gasteiger partial charge in [0.1, 0.15) is 16.9 Å². The molecule has 0 spiro atoms. The summed E-state index contributed by atoms with van der Waals surface area (Å²) in [6.07, 6.45) is 7.32. The molecule has 1 aliphatic carbocycles. The van der Waals surface area contributed by atoms with E-state index in [0.29, 0.717) is 55.9 Å². The molecular weight excluding hydrogens is 388 g/mol. The van der Waals surface area contributed by atoms with Gasteiger partial charge >= 0.3 is 11.7 Å². The van der Waals surface area contributed by atoms with Crippen LogP contribution in [0.2, 0.25) is 0 Å². The van der Waals surface area contributed by atoms with Gasteiger partial charge in [0.15, 0.2) is 5.65 Å². The summed E-state index contributed by atoms with van der Waals surface area (Å²) in [6.45, 7) is 5.18. The number of carboxylic acid groups (broad SMARTS) is 1. The SMILES string of the molecule is CCCn1c(=O)c2[nH]c(C34CCC(/C=C/C(=O)O)(CC3)CO4)nc2n(CCC)c1=O. The van der Waals surface area contributed by atoms with Gasteiger partial charge < -0.3 is 14.8 Å². The minimum atomic E-state index is -0.957. The van der Waals surface area contributed by atoms with E-state index in [0.717, 1.165) is 19.3 Å². The van der Waals surface area contributed by atoms with Crippen LogP contribution in [-0.2, 0) is 28.2 Å². The molecule has 2 aromatic heterocycles. The Morgan fingerprint density at radius 3 is 2.40 bits per heavy atom. The standard InChI is InChI=1S/C21H28N4O5/c1-3-11-24-16-15(17(28)25(12-4-2)19(24)29)22-18(23-16)21-9-7-20(8-10-21,13-30-21)6-5-14(26)27/h5-6H,3-4,7-13H2,1-2H3,(H,22,23)(H,26,27)/b6-5+. The highest BCUT2D eigenvalue weighted by molar-refractivity contribution is 5.79. The molecule has 0 radical (unpaired) electrons. The lowest BCUT2D eigenvalue weighted by Crippen LogP contribution is -2.49. The molecular formula is C21H28N4O5. The summed E-state index contributed by atoms with van der Waals surface area (Å²) < 4.78 is 9.09. The fraction of sp³-hybridized carbons (Fsp3) is 0.619. The van der Waals surface area contributed by atoms with Crippen LogP contribution in [0, 0.1) is 5.41 Å². The molecule has 2 saturated heterocycles. The minimum absolute atomic E-state index is 0.260.